The first-order valence-electron chi connectivity index (χ1n) is 6.19. The summed E-state index contributed by atoms with van der Waals surface area (Å²) in [5.41, 5.74) is 1.70. The van der Waals surface area contributed by atoms with Crippen molar-refractivity contribution < 1.29 is 4.79 Å². The molecule has 1 N–H and O–H groups in total. The maximum Gasteiger partial charge on any atom is 0.176 e. The van der Waals surface area contributed by atoms with E-state index in [1.54, 1.807) is 12.1 Å². The highest BCUT2D eigenvalue weighted by Crippen LogP contribution is 2.18. The van der Waals surface area contributed by atoms with Gasteiger partial charge in [0.25, 0.3) is 0 Å². The third-order valence-electron chi connectivity index (χ3n) is 3.39. The number of carbonyl (C=O) groups is 1. The Morgan fingerprint density at radius 2 is 2.12 bits per heavy atom. The smallest absolute Gasteiger partial charge is 0.176 e. The quantitative estimate of drug-likeness (QED) is 0.832. The molecule has 0 atom stereocenters. The molecule has 17 heavy (non-hydrogen) atoms. The lowest BCUT2D eigenvalue weighted by molar-refractivity contribution is 0.0987. The van der Waals surface area contributed by atoms with Gasteiger partial charge in [0.05, 0.1) is 6.54 Å². The lowest BCUT2D eigenvalue weighted by atomic mass is 10.1. The van der Waals surface area contributed by atoms with E-state index in [1.165, 1.54) is 25.7 Å². The van der Waals surface area contributed by atoms with Gasteiger partial charge >= 0.3 is 0 Å². The van der Waals surface area contributed by atoms with Gasteiger partial charge in [0, 0.05) is 16.6 Å². The SMILES string of the molecule is Cc1cc(C(=O)CNC2CCCC2)ccc1Cl. The molecule has 2 rings (SSSR count). The second kappa shape index (κ2) is 5.65. The second-order valence-corrected chi connectivity index (χ2v) is 5.16. The fourth-order valence-electron chi connectivity index (χ4n) is 2.29. The van der Waals surface area contributed by atoms with Crippen molar-refractivity contribution in [3.05, 3.63) is 34.3 Å². The number of hydrogen-bond acceptors (Lipinski definition) is 2. The van der Waals surface area contributed by atoms with Gasteiger partial charge in [-0.2, -0.15) is 0 Å². The van der Waals surface area contributed by atoms with Gasteiger partial charge in [-0.05, 0) is 43.5 Å². The third-order valence-corrected chi connectivity index (χ3v) is 3.81. The number of aryl methyl sites for hydroxylation is 1. The minimum atomic E-state index is 0.150. The second-order valence-electron chi connectivity index (χ2n) is 4.75. The molecule has 0 amide bonds. The fraction of sp³-hybridized carbons (Fsp3) is 0.500. The molecule has 0 radical (unpaired) electrons. The molecule has 0 unspecified atom stereocenters. The summed E-state index contributed by atoms with van der Waals surface area (Å²) in [6, 6.07) is 5.99. The van der Waals surface area contributed by atoms with E-state index in [2.05, 4.69) is 5.32 Å². The molecule has 1 aromatic rings. The van der Waals surface area contributed by atoms with Crippen molar-refractivity contribution in [2.75, 3.05) is 6.54 Å². The predicted octanol–water partition coefficient (Wildman–Crippen LogP) is 3.36. The third kappa shape index (κ3) is 3.30. The number of benzene rings is 1. The maximum absolute atomic E-state index is 12.0. The summed E-state index contributed by atoms with van der Waals surface area (Å²) in [6.45, 7) is 2.36. The summed E-state index contributed by atoms with van der Waals surface area (Å²) in [5.74, 6) is 0.150. The molecule has 1 aliphatic carbocycles. The molecule has 0 saturated heterocycles. The number of hydrogen-bond donors (Lipinski definition) is 1. The van der Waals surface area contributed by atoms with Crippen LogP contribution in [-0.2, 0) is 0 Å². The first-order valence-corrected chi connectivity index (χ1v) is 6.57. The number of halogens is 1. The Labute approximate surface area is 107 Å². The molecule has 1 aliphatic rings. The van der Waals surface area contributed by atoms with Crippen molar-refractivity contribution in [3.63, 3.8) is 0 Å². The predicted molar refractivity (Wildman–Crippen MR) is 70.8 cm³/mol. The molecule has 0 aromatic heterocycles. The zero-order valence-corrected chi connectivity index (χ0v) is 10.9. The van der Waals surface area contributed by atoms with Crippen LogP contribution in [0.5, 0.6) is 0 Å². The molecule has 2 nitrogen and oxygen atoms in total. The van der Waals surface area contributed by atoms with Gasteiger partial charge in [0.2, 0.25) is 0 Å². The Bertz CT molecular complexity index is 411. The van der Waals surface area contributed by atoms with Crippen LogP contribution >= 0.6 is 11.6 Å². The van der Waals surface area contributed by atoms with Crippen LogP contribution in [0.25, 0.3) is 0 Å². The van der Waals surface area contributed by atoms with Crippen LogP contribution in [-0.4, -0.2) is 18.4 Å². The highest BCUT2D eigenvalue weighted by molar-refractivity contribution is 6.31. The normalized spacial score (nSPS) is 16.4. The van der Waals surface area contributed by atoms with Crippen LogP contribution in [0.15, 0.2) is 18.2 Å². The van der Waals surface area contributed by atoms with Crippen molar-refractivity contribution in [2.24, 2.45) is 0 Å². The Morgan fingerprint density at radius 3 is 2.76 bits per heavy atom. The number of Topliss-reactive ketones (excluding diaryl/α,β-unsaturated/α-hetero) is 1. The van der Waals surface area contributed by atoms with Crippen LogP contribution in [0.4, 0.5) is 0 Å². The van der Waals surface area contributed by atoms with Crippen molar-refractivity contribution in [3.8, 4) is 0 Å². The Balaban J connectivity index is 1.92. The summed E-state index contributed by atoms with van der Waals surface area (Å²) in [4.78, 5) is 12.0. The van der Waals surface area contributed by atoms with E-state index in [-0.39, 0.29) is 5.78 Å². The average Bonchev–Trinajstić information content (AvgIpc) is 2.82. The summed E-state index contributed by atoms with van der Waals surface area (Å²) < 4.78 is 0. The molecule has 92 valence electrons. The summed E-state index contributed by atoms with van der Waals surface area (Å²) in [5, 5.41) is 4.04. The minimum Gasteiger partial charge on any atom is -0.307 e. The van der Waals surface area contributed by atoms with Gasteiger partial charge in [-0.1, -0.05) is 24.4 Å². The maximum atomic E-state index is 12.0. The molecular formula is C14H18ClNO. The van der Waals surface area contributed by atoms with Crippen LogP contribution in [0.3, 0.4) is 0 Å². The topological polar surface area (TPSA) is 29.1 Å². The Morgan fingerprint density at radius 1 is 1.41 bits per heavy atom. The number of rotatable bonds is 4. The summed E-state index contributed by atoms with van der Waals surface area (Å²) in [6.07, 6.45) is 4.97. The first kappa shape index (κ1) is 12.6. The van der Waals surface area contributed by atoms with Gasteiger partial charge in [0.1, 0.15) is 0 Å². The summed E-state index contributed by atoms with van der Waals surface area (Å²) >= 11 is 5.94. The Hall–Kier alpha value is -0.860. The lowest BCUT2D eigenvalue weighted by Gasteiger charge is -2.11. The van der Waals surface area contributed by atoms with Gasteiger partial charge in [-0.3, -0.25) is 4.79 Å². The highest BCUT2D eigenvalue weighted by atomic mass is 35.5. The molecule has 0 spiro atoms. The van der Waals surface area contributed by atoms with Crippen molar-refractivity contribution >= 4 is 17.4 Å². The zero-order chi connectivity index (χ0) is 12.3. The molecule has 1 aromatic carbocycles. The number of carbonyl (C=O) groups excluding carboxylic acids is 1. The number of ketones is 1. The average molecular weight is 252 g/mol. The van der Waals surface area contributed by atoms with Gasteiger partial charge in [-0.15, -0.1) is 0 Å². The molecule has 1 fully saturated rings. The van der Waals surface area contributed by atoms with E-state index in [4.69, 9.17) is 11.6 Å². The van der Waals surface area contributed by atoms with E-state index < -0.39 is 0 Å². The fourth-order valence-corrected chi connectivity index (χ4v) is 2.40. The van der Waals surface area contributed by atoms with Crippen molar-refractivity contribution in [1.29, 1.82) is 0 Å². The minimum absolute atomic E-state index is 0.150. The van der Waals surface area contributed by atoms with E-state index in [0.29, 0.717) is 17.6 Å². The van der Waals surface area contributed by atoms with E-state index in [9.17, 15) is 4.79 Å². The van der Waals surface area contributed by atoms with E-state index in [0.717, 1.165) is 11.1 Å². The molecule has 0 aliphatic heterocycles. The Kier molecular flexibility index (Phi) is 4.19. The van der Waals surface area contributed by atoms with Crippen LogP contribution in [0.2, 0.25) is 5.02 Å². The lowest BCUT2D eigenvalue weighted by Crippen LogP contribution is -2.31. The van der Waals surface area contributed by atoms with Crippen molar-refractivity contribution in [2.45, 2.75) is 38.6 Å². The molecule has 3 heteroatoms. The molecule has 1 saturated carbocycles. The molecular weight excluding hydrogens is 234 g/mol. The van der Waals surface area contributed by atoms with Gasteiger partial charge < -0.3 is 5.32 Å². The van der Waals surface area contributed by atoms with E-state index in [1.807, 2.05) is 13.0 Å². The first-order chi connectivity index (χ1) is 8.16. The van der Waals surface area contributed by atoms with Crippen LogP contribution in [0, 0.1) is 6.92 Å². The number of nitrogens with one attached hydrogen (secondary N) is 1. The molecule has 0 heterocycles. The zero-order valence-electron chi connectivity index (χ0n) is 10.1. The van der Waals surface area contributed by atoms with Crippen LogP contribution in [0.1, 0.15) is 41.6 Å². The van der Waals surface area contributed by atoms with Gasteiger partial charge in [0.15, 0.2) is 5.78 Å². The van der Waals surface area contributed by atoms with Gasteiger partial charge in [-0.25, -0.2) is 0 Å². The largest absolute Gasteiger partial charge is 0.307 e. The van der Waals surface area contributed by atoms with Crippen molar-refractivity contribution in [1.82, 2.24) is 5.32 Å². The van der Waals surface area contributed by atoms with Crippen LogP contribution < -0.4 is 5.32 Å². The van der Waals surface area contributed by atoms with E-state index >= 15 is 0 Å². The monoisotopic (exact) mass is 251 g/mol. The highest BCUT2D eigenvalue weighted by Gasteiger charge is 2.16. The summed E-state index contributed by atoms with van der Waals surface area (Å²) in [7, 11) is 0. The molecule has 0 bridgehead atoms. The standard InChI is InChI=1S/C14H18ClNO/c1-10-8-11(6-7-13(10)15)14(17)9-16-12-4-2-3-5-12/h6-8,12,16H,2-5,9H2,1H3.